The van der Waals surface area contributed by atoms with Crippen LogP contribution < -0.4 is 4.72 Å². The molecule has 1 N–H and O–H groups in total. The van der Waals surface area contributed by atoms with Crippen molar-refractivity contribution in [1.29, 1.82) is 5.26 Å². The summed E-state index contributed by atoms with van der Waals surface area (Å²) in [6.45, 7) is 1.69. The third-order valence-electron chi connectivity index (χ3n) is 2.60. The molecule has 0 bridgehead atoms. The lowest BCUT2D eigenvalue weighted by atomic mass is 10.2. The van der Waals surface area contributed by atoms with E-state index in [1.165, 1.54) is 30.5 Å². The van der Waals surface area contributed by atoms with Crippen molar-refractivity contribution in [3.05, 3.63) is 54.0 Å². The third-order valence-corrected chi connectivity index (χ3v) is 4.15. The van der Waals surface area contributed by atoms with Crippen LogP contribution in [0.4, 0.5) is 0 Å². The number of rotatable bonds is 4. The molecule has 0 aliphatic carbocycles. The Hall–Kier alpha value is -2.10. The predicted octanol–water partition coefficient (Wildman–Crippen LogP) is 2.19. The molecule has 1 aromatic heterocycles. The number of furan rings is 1. The van der Waals surface area contributed by atoms with Gasteiger partial charge in [0, 0.05) is 0 Å². The SMILES string of the molecule is C[C@H](NS(=O)(=O)c1ccc(C#N)cc1)c1ccco1. The topological polar surface area (TPSA) is 83.1 Å². The Morgan fingerprint density at radius 1 is 1.26 bits per heavy atom. The van der Waals surface area contributed by atoms with Gasteiger partial charge in [-0.25, -0.2) is 13.1 Å². The number of nitriles is 1. The Balaban J connectivity index is 2.20. The van der Waals surface area contributed by atoms with Crippen molar-refractivity contribution in [3.63, 3.8) is 0 Å². The molecule has 6 heteroatoms. The zero-order valence-electron chi connectivity index (χ0n) is 10.2. The Kier molecular flexibility index (Phi) is 3.69. The number of nitrogens with zero attached hydrogens (tertiary/aromatic N) is 1. The Morgan fingerprint density at radius 2 is 1.95 bits per heavy atom. The molecule has 1 atom stereocenters. The summed E-state index contributed by atoms with van der Waals surface area (Å²) in [5, 5.41) is 8.67. The lowest BCUT2D eigenvalue weighted by Gasteiger charge is -2.12. The Bertz CT molecular complexity index is 682. The third kappa shape index (κ3) is 3.02. The molecule has 0 aliphatic heterocycles. The van der Waals surface area contributed by atoms with E-state index < -0.39 is 16.1 Å². The zero-order valence-corrected chi connectivity index (χ0v) is 11.0. The highest BCUT2D eigenvalue weighted by Crippen LogP contribution is 2.17. The molecule has 98 valence electrons. The number of hydrogen-bond acceptors (Lipinski definition) is 4. The lowest BCUT2D eigenvalue weighted by Crippen LogP contribution is -2.26. The highest BCUT2D eigenvalue weighted by molar-refractivity contribution is 7.89. The first-order valence-corrected chi connectivity index (χ1v) is 7.07. The zero-order chi connectivity index (χ0) is 13.9. The van der Waals surface area contributed by atoms with Crippen LogP contribution in [0.15, 0.2) is 52.0 Å². The second-order valence-corrected chi connectivity index (χ2v) is 5.71. The van der Waals surface area contributed by atoms with E-state index >= 15 is 0 Å². The second kappa shape index (κ2) is 5.26. The quantitative estimate of drug-likeness (QED) is 0.927. The van der Waals surface area contributed by atoms with Crippen LogP contribution in [0.2, 0.25) is 0 Å². The van der Waals surface area contributed by atoms with E-state index in [-0.39, 0.29) is 4.90 Å². The molecular weight excluding hydrogens is 264 g/mol. The van der Waals surface area contributed by atoms with Gasteiger partial charge in [-0.15, -0.1) is 0 Å². The van der Waals surface area contributed by atoms with Gasteiger partial charge in [0.1, 0.15) is 5.76 Å². The molecule has 2 rings (SSSR count). The van der Waals surface area contributed by atoms with E-state index in [1.54, 1.807) is 19.1 Å². The molecule has 2 aromatic rings. The fraction of sp³-hybridized carbons (Fsp3) is 0.154. The van der Waals surface area contributed by atoms with Crippen LogP contribution in [-0.4, -0.2) is 8.42 Å². The van der Waals surface area contributed by atoms with Gasteiger partial charge in [0.25, 0.3) is 0 Å². The predicted molar refractivity (Wildman–Crippen MR) is 68.6 cm³/mol. The summed E-state index contributed by atoms with van der Waals surface area (Å²) in [5.74, 6) is 0.539. The van der Waals surface area contributed by atoms with E-state index in [9.17, 15) is 8.42 Å². The number of hydrogen-bond donors (Lipinski definition) is 1. The minimum atomic E-state index is -3.63. The molecule has 19 heavy (non-hydrogen) atoms. The van der Waals surface area contributed by atoms with Crippen LogP contribution in [0.3, 0.4) is 0 Å². The lowest BCUT2D eigenvalue weighted by molar-refractivity contribution is 0.459. The average Bonchev–Trinajstić information content (AvgIpc) is 2.92. The molecule has 0 saturated carbocycles. The Morgan fingerprint density at radius 3 is 2.47 bits per heavy atom. The average molecular weight is 276 g/mol. The van der Waals surface area contributed by atoms with E-state index in [0.29, 0.717) is 11.3 Å². The fourth-order valence-electron chi connectivity index (χ4n) is 1.61. The number of sulfonamides is 1. The number of benzene rings is 1. The van der Waals surface area contributed by atoms with Crippen molar-refractivity contribution in [1.82, 2.24) is 4.72 Å². The second-order valence-electron chi connectivity index (χ2n) is 3.99. The van der Waals surface area contributed by atoms with Gasteiger partial charge < -0.3 is 4.42 Å². The summed E-state index contributed by atoms with van der Waals surface area (Å²) in [7, 11) is -3.63. The maximum absolute atomic E-state index is 12.1. The monoisotopic (exact) mass is 276 g/mol. The maximum Gasteiger partial charge on any atom is 0.241 e. The van der Waals surface area contributed by atoms with Crippen LogP contribution in [-0.2, 0) is 10.0 Å². The summed E-state index contributed by atoms with van der Waals surface area (Å²) in [6, 6.07) is 10.6. The normalized spacial score (nSPS) is 12.8. The van der Waals surface area contributed by atoms with Crippen molar-refractivity contribution >= 4 is 10.0 Å². The van der Waals surface area contributed by atoms with Gasteiger partial charge in [0.05, 0.1) is 28.8 Å². The summed E-state index contributed by atoms with van der Waals surface area (Å²) in [5.41, 5.74) is 0.415. The van der Waals surface area contributed by atoms with Crippen molar-refractivity contribution < 1.29 is 12.8 Å². The summed E-state index contributed by atoms with van der Waals surface area (Å²) in [6.07, 6.45) is 1.49. The summed E-state index contributed by atoms with van der Waals surface area (Å²) < 4.78 is 31.9. The molecule has 0 saturated heterocycles. The minimum Gasteiger partial charge on any atom is -0.468 e. The van der Waals surface area contributed by atoms with Crippen LogP contribution in [0, 0.1) is 11.3 Å². The summed E-state index contributed by atoms with van der Waals surface area (Å²) >= 11 is 0. The largest absolute Gasteiger partial charge is 0.468 e. The highest BCUT2D eigenvalue weighted by Gasteiger charge is 2.19. The van der Waals surface area contributed by atoms with Crippen molar-refractivity contribution in [3.8, 4) is 6.07 Å². The molecule has 0 amide bonds. The van der Waals surface area contributed by atoms with Gasteiger partial charge >= 0.3 is 0 Å². The van der Waals surface area contributed by atoms with Gasteiger partial charge in [-0.05, 0) is 43.3 Å². The first kappa shape index (κ1) is 13.3. The van der Waals surface area contributed by atoms with E-state index in [0.717, 1.165) is 0 Å². The molecule has 0 radical (unpaired) electrons. The smallest absolute Gasteiger partial charge is 0.241 e. The molecule has 0 aliphatic rings. The fourth-order valence-corrected chi connectivity index (χ4v) is 2.82. The van der Waals surface area contributed by atoms with Gasteiger partial charge in [-0.3, -0.25) is 0 Å². The summed E-state index contributed by atoms with van der Waals surface area (Å²) in [4.78, 5) is 0.116. The molecule has 1 heterocycles. The van der Waals surface area contributed by atoms with Gasteiger partial charge in [-0.2, -0.15) is 5.26 Å². The van der Waals surface area contributed by atoms with Crippen molar-refractivity contribution in [2.75, 3.05) is 0 Å². The molecular formula is C13H12N2O3S. The van der Waals surface area contributed by atoms with Crippen LogP contribution in [0.25, 0.3) is 0 Å². The molecule has 0 unspecified atom stereocenters. The van der Waals surface area contributed by atoms with Crippen molar-refractivity contribution in [2.24, 2.45) is 0 Å². The van der Waals surface area contributed by atoms with Crippen LogP contribution in [0.1, 0.15) is 24.3 Å². The maximum atomic E-state index is 12.1. The molecule has 0 spiro atoms. The van der Waals surface area contributed by atoms with Gasteiger partial charge in [-0.1, -0.05) is 0 Å². The molecule has 1 aromatic carbocycles. The van der Waals surface area contributed by atoms with Crippen LogP contribution in [0.5, 0.6) is 0 Å². The van der Waals surface area contributed by atoms with E-state index in [4.69, 9.17) is 9.68 Å². The van der Waals surface area contributed by atoms with Crippen molar-refractivity contribution in [2.45, 2.75) is 17.9 Å². The standard InChI is InChI=1S/C13H12N2O3S/c1-10(13-3-2-8-18-13)15-19(16,17)12-6-4-11(9-14)5-7-12/h2-8,10,15H,1H3/t10-/m0/s1. The Labute approximate surface area is 111 Å². The highest BCUT2D eigenvalue weighted by atomic mass is 32.2. The van der Waals surface area contributed by atoms with Crippen LogP contribution >= 0.6 is 0 Å². The molecule has 5 nitrogen and oxygen atoms in total. The van der Waals surface area contributed by atoms with E-state index in [1.807, 2.05) is 6.07 Å². The van der Waals surface area contributed by atoms with E-state index in [2.05, 4.69) is 4.72 Å². The molecule has 0 fully saturated rings. The van der Waals surface area contributed by atoms with Gasteiger partial charge in [0.2, 0.25) is 10.0 Å². The van der Waals surface area contributed by atoms with Gasteiger partial charge in [0.15, 0.2) is 0 Å². The number of nitrogens with one attached hydrogen (secondary N) is 1. The first-order valence-electron chi connectivity index (χ1n) is 5.59. The first-order chi connectivity index (χ1) is 9.03. The minimum absolute atomic E-state index is 0.116.